The van der Waals surface area contributed by atoms with Gasteiger partial charge in [0.2, 0.25) is 0 Å². The van der Waals surface area contributed by atoms with Crippen molar-refractivity contribution in [3.05, 3.63) is 35.6 Å². The van der Waals surface area contributed by atoms with Crippen LogP contribution in [0.15, 0.2) is 24.3 Å². The molecule has 10 heavy (non-hydrogen) atoms. The second kappa shape index (κ2) is 4.81. The van der Waals surface area contributed by atoms with Crippen molar-refractivity contribution in [1.82, 2.24) is 0 Å². The van der Waals surface area contributed by atoms with E-state index in [0.29, 0.717) is 0 Å². The third kappa shape index (κ3) is 2.76. The van der Waals surface area contributed by atoms with E-state index in [0.717, 1.165) is 5.02 Å². The number of halogens is 2. The van der Waals surface area contributed by atoms with Crippen molar-refractivity contribution in [1.29, 1.82) is 0 Å². The van der Waals surface area contributed by atoms with Crippen molar-refractivity contribution in [3.8, 4) is 0 Å². The fourth-order valence-electron chi connectivity index (χ4n) is 0.651. The average molecular weight is 211 g/mol. The molecule has 3 heteroatoms. The van der Waals surface area contributed by atoms with Crippen LogP contribution in [-0.4, -0.2) is 0 Å². The van der Waals surface area contributed by atoms with E-state index in [1.54, 1.807) is 0 Å². The van der Waals surface area contributed by atoms with E-state index in [2.05, 4.69) is 0 Å². The molecule has 0 heterocycles. The van der Waals surface area contributed by atoms with Gasteiger partial charge in [0.15, 0.2) is 0 Å². The molecule has 1 aromatic carbocycles. The van der Waals surface area contributed by atoms with Gasteiger partial charge >= 0.3 is 63.4 Å². The molecule has 0 fully saturated rings. The third-order valence-corrected chi connectivity index (χ3v) is 2.41. The summed E-state index contributed by atoms with van der Waals surface area (Å²) in [5.41, 5.74) is 1.23. The van der Waals surface area contributed by atoms with Gasteiger partial charge in [-0.2, -0.15) is 0 Å². The molecule has 1 rings (SSSR count). The average Bonchev–Trinajstić information content (AvgIpc) is 1.90. The predicted molar refractivity (Wildman–Crippen MR) is 37.4 cm³/mol. The van der Waals surface area contributed by atoms with Crippen LogP contribution in [0.25, 0.3) is 0 Å². The molecular formula is C7H7ClFZn. The predicted octanol–water partition coefficient (Wildman–Crippen LogP) is 2.29. The third-order valence-electron chi connectivity index (χ3n) is 1.20. The summed E-state index contributed by atoms with van der Waals surface area (Å²) in [6, 6.07) is 6.67. The first-order valence-corrected chi connectivity index (χ1v) is 4.96. The van der Waals surface area contributed by atoms with Gasteiger partial charge in [0.25, 0.3) is 0 Å². The first-order chi connectivity index (χ1) is 4.33. The Bertz CT molecular complexity index is 185. The van der Waals surface area contributed by atoms with E-state index in [-0.39, 0.29) is 18.2 Å². The molecule has 0 nitrogen and oxygen atoms in total. The first-order valence-electron chi connectivity index (χ1n) is 2.86. The summed E-state index contributed by atoms with van der Waals surface area (Å²) >= 11 is 1.24. The molecular weight excluding hydrogens is 204 g/mol. The quantitative estimate of drug-likeness (QED) is 0.625. The van der Waals surface area contributed by atoms with Gasteiger partial charge in [-0.3, -0.25) is 0 Å². The molecule has 0 unspecified atom stereocenters. The Morgan fingerprint density at radius 1 is 1.20 bits per heavy atom. The van der Waals surface area contributed by atoms with Gasteiger partial charge in [0.05, 0.1) is 0 Å². The Hall–Kier alpha value is 0.0634. The van der Waals surface area contributed by atoms with E-state index in [4.69, 9.17) is 0 Å². The SMILES string of the molecule is Cl.Fc1ccc([CH2][Zn])cc1. The molecule has 0 aliphatic heterocycles. The molecule has 0 aliphatic rings. The Morgan fingerprint density at radius 3 is 2.10 bits per heavy atom. The van der Waals surface area contributed by atoms with Crippen LogP contribution in [0.5, 0.6) is 0 Å². The van der Waals surface area contributed by atoms with Crippen LogP contribution >= 0.6 is 12.4 Å². The van der Waals surface area contributed by atoms with Crippen molar-refractivity contribution in [3.63, 3.8) is 0 Å². The van der Waals surface area contributed by atoms with Crippen LogP contribution in [0, 0.1) is 5.82 Å². The maximum absolute atomic E-state index is 12.2. The summed E-state index contributed by atoms with van der Waals surface area (Å²) in [6.07, 6.45) is 0. The summed E-state index contributed by atoms with van der Waals surface area (Å²) in [5, 5.41) is 1.10. The molecule has 0 radical (unpaired) electrons. The fraction of sp³-hybridized carbons (Fsp3) is 0.143. The number of benzene rings is 1. The topological polar surface area (TPSA) is 0 Å². The molecule has 0 amide bonds. The zero-order valence-corrected chi connectivity index (χ0v) is 9.29. The Morgan fingerprint density at radius 2 is 1.70 bits per heavy atom. The molecule has 0 saturated heterocycles. The van der Waals surface area contributed by atoms with Crippen LogP contribution in [0.4, 0.5) is 4.39 Å². The molecule has 51 valence electrons. The standard InChI is InChI=1S/C7H6F.ClH.Zn/c1-6-2-4-7(8)5-3-6;;/h2-5H,1H2;1H;. The zero-order valence-electron chi connectivity index (χ0n) is 5.51. The molecule has 0 bridgehead atoms. The molecule has 0 N–H and O–H groups in total. The number of hydrogen-bond acceptors (Lipinski definition) is 0. The Kier molecular flexibility index (Phi) is 4.84. The fourth-order valence-corrected chi connectivity index (χ4v) is 1.35. The second-order valence-corrected chi connectivity index (χ2v) is 2.93. The summed E-state index contributed by atoms with van der Waals surface area (Å²) in [7, 11) is 0. The minimum atomic E-state index is -0.146. The van der Waals surface area contributed by atoms with Crippen LogP contribution in [0.3, 0.4) is 0 Å². The summed E-state index contributed by atoms with van der Waals surface area (Å²) in [5.74, 6) is -0.146. The Labute approximate surface area is 75.9 Å². The molecule has 0 aliphatic carbocycles. The van der Waals surface area contributed by atoms with Gasteiger partial charge in [0.1, 0.15) is 0 Å². The van der Waals surface area contributed by atoms with Crippen molar-refractivity contribution < 1.29 is 22.7 Å². The van der Waals surface area contributed by atoms with Crippen molar-refractivity contribution in [2.24, 2.45) is 0 Å². The molecule has 0 aromatic heterocycles. The van der Waals surface area contributed by atoms with Gasteiger partial charge in [-0.1, -0.05) is 0 Å². The molecule has 0 atom stereocenters. The van der Waals surface area contributed by atoms with E-state index < -0.39 is 0 Å². The van der Waals surface area contributed by atoms with Crippen LogP contribution in [0.2, 0.25) is 0 Å². The van der Waals surface area contributed by atoms with Crippen LogP contribution in [-0.2, 0) is 23.3 Å². The van der Waals surface area contributed by atoms with Gasteiger partial charge in [0, 0.05) is 0 Å². The van der Waals surface area contributed by atoms with E-state index >= 15 is 0 Å². The molecule has 0 saturated carbocycles. The summed E-state index contributed by atoms with van der Waals surface area (Å²) < 4.78 is 12.2. The monoisotopic (exact) mass is 209 g/mol. The maximum atomic E-state index is 12.2. The van der Waals surface area contributed by atoms with Gasteiger partial charge in [-0.15, -0.1) is 12.4 Å². The first kappa shape index (κ1) is 10.1. The molecule has 1 aromatic rings. The number of rotatable bonds is 1. The van der Waals surface area contributed by atoms with E-state index in [1.807, 2.05) is 12.1 Å². The van der Waals surface area contributed by atoms with Crippen molar-refractivity contribution >= 4 is 12.4 Å². The Balaban J connectivity index is 0.000000810. The van der Waals surface area contributed by atoms with Crippen molar-refractivity contribution in [2.45, 2.75) is 5.02 Å². The number of hydrogen-bond donors (Lipinski definition) is 0. The summed E-state index contributed by atoms with van der Waals surface area (Å²) in [6.45, 7) is 0. The van der Waals surface area contributed by atoms with Crippen molar-refractivity contribution in [2.75, 3.05) is 0 Å². The normalized spacial score (nSPS) is 8.70. The second-order valence-electron chi connectivity index (χ2n) is 1.88. The van der Waals surface area contributed by atoms with E-state index in [9.17, 15) is 4.39 Å². The van der Waals surface area contributed by atoms with E-state index in [1.165, 1.54) is 36.0 Å². The minimum absolute atomic E-state index is 0. The summed E-state index contributed by atoms with van der Waals surface area (Å²) in [4.78, 5) is 0. The molecule has 0 spiro atoms. The van der Waals surface area contributed by atoms with Gasteiger partial charge in [-0.25, -0.2) is 0 Å². The van der Waals surface area contributed by atoms with Gasteiger partial charge in [-0.05, 0) is 0 Å². The van der Waals surface area contributed by atoms with Gasteiger partial charge < -0.3 is 0 Å². The van der Waals surface area contributed by atoms with Crippen LogP contribution < -0.4 is 0 Å². The zero-order chi connectivity index (χ0) is 6.69. The van der Waals surface area contributed by atoms with Crippen LogP contribution in [0.1, 0.15) is 5.56 Å².